The zero-order chi connectivity index (χ0) is 22.4. The molecule has 8 heteroatoms. The SMILES string of the molecule is CCSC1=NN2C(=N)/C(=C\c3cc(C)n(-c4cccc5ccccc45)c3C)C(=O)N=C2S1. The summed E-state index contributed by atoms with van der Waals surface area (Å²) in [5.74, 6) is 0.535. The minimum absolute atomic E-state index is 0.0640. The van der Waals surface area contributed by atoms with Crippen molar-refractivity contribution in [2.45, 2.75) is 20.8 Å². The minimum atomic E-state index is -0.401. The van der Waals surface area contributed by atoms with Crippen molar-refractivity contribution >= 4 is 61.7 Å². The average molecular weight is 460 g/mol. The van der Waals surface area contributed by atoms with Crippen molar-refractivity contribution in [3.63, 3.8) is 0 Å². The number of aliphatic imine (C=N–C) groups is 1. The van der Waals surface area contributed by atoms with Crippen LogP contribution in [0.25, 0.3) is 22.5 Å². The van der Waals surface area contributed by atoms with E-state index in [1.165, 1.54) is 22.2 Å². The average Bonchev–Trinajstić information content (AvgIpc) is 3.30. The molecule has 0 aliphatic carbocycles. The molecule has 0 unspecified atom stereocenters. The molecule has 1 N–H and O–H groups in total. The van der Waals surface area contributed by atoms with Gasteiger partial charge in [-0.05, 0) is 60.5 Å². The van der Waals surface area contributed by atoms with Crippen molar-refractivity contribution in [1.29, 1.82) is 5.41 Å². The number of nitrogens with one attached hydrogen (secondary N) is 1. The number of aryl methyl sites for hydroxylation is 1. The zero-order valence-corrected chi connectivity index (χ0v) is 19.5. The van der Waals surface area contributed by atoms with Gasteiger partial charge < -0.3 is 4.57 Å². The Bertz CT molecular complexity index is 1380. The molecule has 0 saturated heterocycles. The number of hydrogen-bond acceptors (Lipinski definition) is 5. The fraction of sp³-hybridized carbons (Fsp3) is 0.167. The zero-order valence-electron chi connectivity index (χ0n) is 17.9. The highest BCUT2D eigenvalue weighted by Crippen LogP contribution is 2.33. The second-order valence-corrected chi connectivity index (χ2v) is 9.95. The van der Waals surface area contributed by atoms with Gasteiger partial charge in [-0.25, -0.2) is 0 Å². The lowest BCUT2D eigenvalue weighted by molar-refractivity contribution is -0.114. The Morgan fingerprint density at radius 2 is 1.94 bits per heavy atom. The van der Waals surface area contributed by atoms with Gasteiger partial charge in [-0.2, -0.15) is 10.0 Å². The Hall–Kier alpha value is -3.10. The molecular weight excluding hydrogens is 438 g/mol. The van der Waals surface area contributed by atoms with E-state index in [1.807, 2.05) is 32.0 Å². The number of nitrogens with zero attached hydrogens (tertiary/aromatic N) is 4. The summed E-state index contributed by atoms with van der Waals surface area (Å²) in [6.45, 7) is 6.13. The van der Waals surface area contributed by atoms with Crippen molar-refractivity contribution in [1.82, 2.24) is 9.58 Å². The molecule has 3 heterocycles. The smallest absolute Gasteiger partial charge is 0.283 e. The molecule has 0 bridgehead atoms. The van der Waals surface area contributed by atoms with Crippen LogP contribution in [0, 0.1) is 19.3 Å². The second-order valence-electron chi connectivity index (χ2n) is 7.48. The molecule has 0 fully saturated rings. The Labute approximate surface area is 194 Å². The molecule has 1 amide bonds. The van der Waals surface area contributed by atoms with Gasteiger partial charge in [0.2, 0.25) is 5.17 Å². The van der Waals surface area contributed by atoms with E-state index in [2.05, 4.69) is 51.9 Å². The number of benzene rings is 2. The topological polar surface area (TPSA) is 73.8 Å². The number of rotatable bonds is 3. The number of amides is 1. The molecule has 0 saturated carbocycles. The van der Waals surface area contributed by atoms with Gasteiger partial charge in [0.05, 0.1) is 11.3 Å². The van der Waals surface area contributed by atoms with Crippen LogP contribution in [0.1, 0.15) is 23.9 Å². The first-order chi connectivity index (χ1) is 15.5. The van der Waals surface area contributed by atoms with E-state index in [0.29, 0.717) is 5.17 Å². The van der Waals surface area contributed by atoms with Gasteiger partial charge in [0, 0.05) is 16.8 Å². The highest BCUT2D eigenvalue weighted by atomic mass is 32.2. The number of thioether (sulfide) groups is 2. The van der Waals surface area contributed by atoms with Crippen LogP contribution in [0.4, 0.5) is 0 Å². The number of amidine groups is 2. The van der Waals surface area contributed by atoms with Crippen molar-refractivity contribution in [2.75, 3.05) is 5.75 Å². The van der Waals surface area contributed by atoms with E-state index in [9.17, 15) is 4.79 Å². The summed E-state index contributed by atoms with van der Waals surface area (Å²) >= 11 is 2.92. The Kier molecular flexibility index (Phi) is 5.27. The van der Waals surface area contributed by atoms with E-state index in [4.69, 9.17) is 5.41 Å². The largest absolute Gasteiger partial charge is 0.317 e. The van der Waals surface area contributed by atoms with E-state index in [0.717, 1.165) is 38.2 Å². The quantitative estimate of drug-likeness (QED) is 0.519. The Morgan fingerprint density at radius 1 is 1.16 bits per heavy atom. The molecule has 5 rings (SSSR count). The Balaban J connectivity index is 1.58. The molecule has 2 aliphatic heterocycles. The van der Waals surface area contributed by atoms with E-state index in [1.54, 1.807) is 17.8 Å². The molecular formula is C24H21N5OS2. The maximum atomic E-state index is 12.8. The number of hydrogen-bond donors (Lipinski definition) is 1. The third-order valence-electron chi connectivity index (χ3n) is 5.48. The Morgan fingerprint density at radius 3 is 2.75 bits per heavy atom. The number of hydrazone groups is 1. The lowest BCUT2D eigenvalue weighted by Gasteiger charge is -2.20. The van der Waals surface area contributed by atoms with Crippen molar-refractivity contribution in [3.05, 3.63) is 71.1 Å². The monoisotopic (exact) mass is 459 g/mol. The summed E-state index contributed by atoms with van der Waals surface area (Å²) in [6, 6.07) is 16.6. The number of carbonyl (C=O) groups is 1. The van der Waals surface area contributed by atoms with Gasteiger partial charge in [0.15, 0.2) is 10.2 Å². The molecule has 160 valence electrons. The minimum Gasteiger partial charge on any atom is -0.317 e. The molecule has 6 nitrogen and oxygen atoms in total. The standard InChI is InChI=1S/C24H21N5OS2/c1-4-31-24-27-29-21(25)19(22(30)26-23(29)32-24)13-17-12-14(2)28(15(17)3)20-11-7-9-16-8-5-6-10-18(16)20/h5-13,25H,4H2,1-3H3/b19-13+,25-21?. The second kappa shape index (κ2) is 8.11. The molecule has 2 aromatic carbocycles. The molecule has 0 atom stereocenters. The summed E-state index contributed by atoms with van der Waals surface area (Å²) in [6.07, 6.45) is 1.76. The summed E-state index contributed by atoms with van der Waals surface area (Å²) in [5, 5.41) is 17.3. The van der Waals surface area contributed by atoms with E-state index in [-0.39, 0.29) is 11.4 Å². The van der Waals surface area contributed by atoms with Crippen LogP contribution in [-0.4, -0.2) is 36.6 Å². The number of carbonyl (C=O) groups excluding carboxylic acids is 1. The van der Waals surface area contributed by atoms with Gasteiger partial charge in [0.25, 0.3) is 5.91 Å². The fourth-order valence-electron chi connectivity index (χ4n) is 4.02. The third kappa shape index (κ3) is 3.40. The van der Waals surface area contributed by atoms with E-state index < -0.39 is 5.91 Å². The molecule has 32 heavy (non-hydrogen) atoms. The molecule has 0 spiro atoms. The predicted octanol–water partition coefficient (Wildman–Crippen LogP) is 5.58. The maximum Gasteiger partial charge on any atom is 0.283 e. The van der Waals surface area contributed by atoms with Gasteiger partial charge in [-0.1, -0.05) is 55.1 Å². The first kappa shape index (κ1) is 20.8. The van der Waals surface area contributed by atoms with Crippen molar-refractivity contribution in [2.24, 2.45) is 10.1 Å². The summed E-state index contributed by atoms with van der Waals surface area (Å²) < 4.78 is 3.00. The van der Waals surface area contributed by atoms with Gasteiger partial charge in [-0.15, -0.1) is 5.10 Å². The van der Waals surface area contributed by atoms with E-state index >= 15 is 0 Å². The molecule has 0 radical (unpaired) electrons. The number of aromatic nitrogens is 1. The molecule has 3 aromatic rings. The van der Waals surface area contributed by atoms with Gasteiger partial charge >= 0.3 is 0 Å². The van der Waals surface area contributed by atoms with Crippen LogP contribution in [0.2, 0.25) is 0 Å². The van der Waals surface area contributed by atoms with Crippen molar-refractivity contribution < 1.29 is 4.79 Å². The summed E-state index contributed by atoms with van der Waals surface area (Å²) in [4.78, 5) is 16.9. The normalized spacial score (nSPS) is 17.2. The predicted molar refractivity (Wildman–Crippen MR) is 136 cm³/mol. The van der Waals surface area contributed by atoms with Crippen LogP contribution in [0.5, 0.6) is 0 Å². The fourth-order valence-corrected chi connectivity index (χ4v) is 5.84. The molecule has 2 aliphatic rings. The van der Waals surface area contributed by atoms with Gasteiger partial charge in [0.1, 0.15) is 0 Å². The van der Waals surface area contributed by atoms with Crippen LogP contribution < -0.4 is 0 Å². The first-order valence-corrected chi connectivity index (χ1v) is 12.1. The first-order valence-electron chi connectivity index (χ1n) is 10.3. The number of fused-ring (bicyclic) bond motifs is 2. The maximum absolute atomic E-state index is 12.8. The molecule has 1 aromatic heterocycles. The third-order valence-corrected chi connectivity index (χ3v) is 7.41. The van der Waals surface area contributed by atoms with Gasteiger partial charge in [-0.3, -0.25) is 10.2 Å². The summed E-state index contributed by atoms with van der Waals surface area (Å²) in [5.41, 5.74) is 4.29. The van der Waals surface area contributed by atoms with Crippen LogP contribution in [-0.2, 0) is 4.79 Å². The van der Waals surface area contributed by atoms with Crippen LogP contribution in [0.3, 0.4) is 0 Å². The highest BCUT2D eigenvalue weighted by Gasteiger charge is 2.35. The highest BCUT2D eigenvalue weighted by molar-refractivity contribution is 8.45. The lowest BCUT2D eigenvalue weighted by atomic mass is 10.1. The summed E-state index contributed by atoms with van der Waals surface area (Å²) in [7, 11) is 0. The van der Waals surface area contributed by atoms with Crippen molar-refractivity contribution in [3.8, 4) is 5.69 Å². The van der Waals surface area contributed by atoms with Crippen LogP contribution >= 0.6 is 23.5 Å². The lowest BCUT2D eigenvalue weighted by Crippen LogP contribution is -2.35. The van der Waals surface area contributed by atoms with Crippen LogP contribution in [0.15, 0.2) is 64.2 Å².